The number of nitrogens with zero attached hydrogens (tertiary/aromatic N) is 3. The predicted octanol–water partition coefficient (Wildman–Crippen LogP) is 1.54. The number of hydrogen-bond donors (Lipinski definition) is 2. The predicted molar refractivity (Wildman–Crippen MR) is 83.9 cm³/mol. The number of ether oxygens (including phenoxy) is 3. The van der Waals surface area contributed by atoms with Gasteiger partial charge in [-0.1, -0.05) is 35.4 Å². The third kappa shape index (κ3) is 3.25. The number of rotatable bonds is 4. The molecule has 0 bridgehead atoms. The van der Waals surface area contributed by atoms with Crippen molar-refractivity contribution in [3.05, 3.63) is 46.3 Å². The van der Waals surface area contributed by atoms with E-state index >= 15 is 0 Å². The molecule has 24 heavy (non-hydrogen) atoms. The molecule has 7 atom stereocenters. The van der Waals surface area contributed by atoms with Gasteiger partial charge in [0.1, 0.15) is 0 Å². The number of benzene rings is 1. The Morgan fingerprint density at radius 1 is 1.29 bits per heavy atom. The van der Waals surface area contributed by atoms with Crippen molar-refractivity contribution in [1.29, 1.82) is 0 Å². The summed E-state index contributed by atoms with van der Waals surface area (Å²) < 4.78 is 17.5. The van der Waals surface area contributed by atoms with Crippen molar-refractivity contribution in [3.8, 4) is 0 Å². The fourth-order valence-corrected chi connectivity index (χ4v) is 3.39. The molecule has 2 fully saturated rings. The van der Waals surface area contributed by atoms with Gasteiger partial charge >= 0.3 is 0 Å². The molecule has 0 saturated carbocycles. The molecule has 8 heteroatoms. The molecule has 8 nitrogen and oxygen atoms in total. The quantitative estimate of drug-likeness (QED) is 0.492. The van der Waals surface area contributed by atoms with Gasteiger partial charge in [0.25, 0.3) is 0 Å². The molecule has 0 aromatic heterocycles. The van der Waals surface area contributed by atoms with Crippen LogP contribution < -0.4 is 0 Å². The minimum Gasteiger partial charge on any atom is -0.394 e. The van der Waals surface area contributed by atoms with Gasteiger partial charge < -0.3 is 24.4 Å². The fourth-order valence-electron chi connectivity index (χ4n) is 3.39. The molecule has 130 valence electrons. The SMILES string of the molecule is CC1OC(c2ccccc2)OC1[C@H]1C(CO)OCC(N=[N+]=[N-])[C@H]1O. The molecule has 0 aliphatic carbocycles. The highest BCUT2D eigenvalue weighted by Gasteiger charge is 2.49. The van der Waals surface area contributed by atoms with E-state index in [4.69, 9.17) is 19.7 Å². The lowest BCUT2D eigenvalue weighted by Crippen LogP contribution is -2.55. The third-order valence-electron chi connectivity index (χ3n) is 4.61. The minimum atomic E-state index is -0.975. The van der Waals surface area contributed by atoms with Crippen molar-refractivity contribution in [2.24, 2.45) is 11.0 Å². The Labute approximate surface area is 139 Å². The van der Waals surface area contributed by atoms with E-state index in [1.165, 1.54) is 0 Å². The molecular weight excluding hydrogens is 314 g/mol. The second-order valence-corrected chi connectivity index (χ2v) is 6.08. The van der Waals surface area contributed by atoms with Crippen molar-refractivity contribution in [1.82, 2.24) is 0 Å². The van der Waals surface area contributed by atoms with Crippen LogP contribution in [0.3, 0.4) is 0 Å². The third-order valence-corrected chi connectivity index (χ3v) is 4.61. The van der Waals surface area contributed by atoms with Crippen LogP contribution in [-0.4, -0.2) is 53.9 Å². The maximum absolute atomic E-state index is 10.6. The van der Waals surface area contributed by atoms with E-state index in [2.05, 4.69) is 10.0 Å². The monoisotopic (exact) mass is 335 g/mol. The Hall–Kier alpha value is -1.67. The van der Waals surface area contributed by atoms with E-state index in [0.29, 0.717) is 0 Å². The summed E-state index contributed by atoms with van der Waals surface area (Å²) in [5.41, 5.74) is 9.52. The minimum absolute atomic E-state index is 0.0665. The molecule has 2 saturated heterocycles. The summed E-state index contributed by atoms with van der Waals surface area (Å²) in [6.45, 7) is 1.66. The summed E-state index contributed by atoms with van der Waals surface area (Å²) >= 11 is 0. The Morgan fingerprint density at radius 3 is 2.71 bits per heavy atom. The Bertz CT molecular complexity index is 595. The van der Waals surface area contributed by atoms with E-state index in [1.54, 1.807) is 0 Å². The number of azide groups is 1. The van der Waals surface area contributed by atoms with E-state index in [-0.39, 0.29) is 19.3 Å². The van der Waals surface area contributed by atoms with Gasteiger partial charge in [-0.05, 0) is 12.5 Å². The first-order chi connectivity index (χ1) is 11.7. The zero-order chi connectivity index (χ0) is 17.1. The maximum Gasteiger partial charge on any atom is 0.184 e. The first-order valence-corrected chi connectivity index (χ1v) is 7.96. The Morgan fingerprint density at radius 2 is 2.04 bits per heavy atom. The highest BCUT2D eigenvalue weighted by molar-refractivity contribution is 5.17. The lowest BCUT2D eigenvalue weighted by Gasteiger charge is -2.41. The van der Waals surface area contributed by atoms with Crippen LogP contribution in [0.25, 0.3) is 10.4 Å². The molecule has 2 aliphatic heterocycles. The summed E-state index contributed by atoms with van der Waals surface area (Å²) in [6.07, 6.45) is -2.91. The van der Waals surface area contributed by atoms with Crippen molar-refractivity contribution in [3.63, 3.8) is 0 Å². The van der Waals surface area contributed by atoms with E-state index in [1.807, 2.05) is 37.3 Å². The zero-order valence-corrected chi connectivity index (χ0v) is 13.3. The number of hydrogen-bond acceptors (Lipinski definition) is 6. The van der Waals surface area contributed by atoms with Crippen LogP contribution in [0.1, 0.15) is 18.8 Å². The highest BCUT2D eigenvalue weighted by atomic mass is 16.7. The van der Waals surface area contributed by atoms with E-state index in [9.17, 15) is 10.2 Å². The molecule has 0 amide bonds. The van der Waals surface area contributed by atoms with Gasteiger partial charge in [-0.15, -0.1) is 0 Å². The fraction of sp³-hybridized carbons (Fsp3) is 0.625. The second kappa shape index (κ2) is 7.48. The normalized spacial score (nSPS) is 39.4. The lowest BCUT2D eigenvalue weighted by atomic mass is 9.82. The summed E-state index contributed by atoms with van der Waals surface area (Å²) in [5, 5.41) is 23.8. The summed E-state index contributed by atoms with van der Waals surface area (Å²) in [5.74, 6) is -0.553. The van der Waals surface area contributed by atoms with Crippen LogP contribution in [-0.2, 0) is 14.2 Å². The molecular formula is C16H21N3O5. The molecule has 0 spiro atoms. The lowest BCUT2D eigenvalue weighted by molar-refractivity contribution is -0.164. The molecule has 2 aliphatic rings. The molecule has 2 N–H and O–H groups in total. The van der Waals surface area contributed by atoms with Crippen molar-refractivity contribution in [2.45, 2.75) is 43.7 Å². The Balaban J connectivity index is 1.81. The van der Waals surface area contributed by atoms with Gasteiger partial charge in [0.2, 0.25) is 0 Å². The van der Waals surface area contributed by atoms with Gasteiger partial charge in [0.05, 0.1) is 43.7 Å². The highest BCUT2D eigenvalue weighted by Crippen LogP contribution is 2.39. The van der Waals surface area contributed by atoms with Crippen LogP contribution in [0.5, 0.6) is 0 Å². The maximum atomic E-state index is 10.6. The van der Waals surface area contributed by atoms with Crippen LogP contribution in [0.2, 0.25) is 0 Å². The first-order valence-electron chi connectivity index (χ1n) is 7.96. The number of aliphatic hydroxyl groups is 2. The van der Waals surface area contributed by atoms with Crippen molar-refractivity contribution >= 4 is 0 Å². The molecule has 1 aromatic rings. The summed E-state index contributed by atoms with van der Waals surface area (Å²) in [7, 11) is 0. The zero-order valence-electron chi connectivity index (χ0n) is 13.3. The van der Waals surface area contributed by atoms with Gasteiger partial charge in [-0.25, -0.2) is 0 Å². The van der Waals surface area contributed by atoms with Crippen LogP contribution in [0.4, 0.5) is 0 Å². The largest absolute Gasteiger partial charge is 0.394 e. The van der Waals surface area contributed by atoms with Crippen molar-refractivity contribution < 1.29 is 24.4 Å². The topological polar surface area (TPSA) is 117 Å². The summed E-state index contributed by atoms with van der Waals surface area (Å²) in [6, 6.07) is 8.79. The molecule has 5 unspecified atom stereocenters. The molecule has 0 radical (unpaired) electrons. The molecule has 3 rings (SSSR count). The standard InChI is InChI=1S/C16H21N3O5/c1-9-15(24-16(23-9)10-5-3-2-4-6-10)13-12(7-20)22-8-11(14(13)21)18-19-17/h2-6,9,11-16,20-21H,7-8H2,1H3/t9?,11?,12?,13-,14+,15?,16?/m0/s1. The molecule has 1 aromatic carbocycles. The van der Waals surface area contributed by atoms with Crippen LogP contribution >= 0.6 is 0 Å². The average Bonchev–Trinajstić information content (AvgIpc) is 2.99. The van der Waals surface area contributed by atoms with E-state index in [0.717, 1.165) is 5.56 Å². The number of aliphatic hydroxyl groups excluding tert-OH is 2. The van der Waals surface area contributed by atoms with Crippen LogP contribution in [0.15, 0.2) is 35.4 Å². The molecule has 2 heterocycles. The summed E-state index contributed by atoms with van der Waals surface area (Å²) in [4.78, 5) is 2.75. The smallest absolute Gasteiger partial charge is 0.184 e. The second-order valence-electron chi connectivity index (χ2n) is 6.08. The Kier molecular flexibility index (Phi) is 5.35. The van der Waals surface area contributed by atoms with E-state index < -0.39 is 36.6 Å². The average molecular weight is 335 g/mol. The first kappa shape index (κ1) is 17.2. The van der Waals surface area contributed by atoms with Gasteiger partial charge in [-0.2, -0.15) is 0 Å². The van der Waals surface area contributed by atoms with Crippen LogP contribution in [0, 0.1) is 5.92 Å². The van der Waals surface area contributed by atoms with Gasteiger partial charge in [0, 0.05) is 16.4 Å². The van der Waals surface area contributed by atoms with Gasteiger partial charge in [-0.3, -0.25) is 0 Å². The van der Waals surface area contributed by atoms with Crippen molar-refractivity contribution in [2.75, 3.05) is 13.2 Å². The van der Waals surface area contributed by atoms with Gasteiger partial charge in [0.15, 0.2) is 6.29 Å².